The number of rotatable bonds is 9. The lowest BCUT2D eigenvalue weighted by Gasteiger charge is -2.29. The van der Waals surface area contributed by atoms with Crippen LogP contribution in [0.25, 0.3) is 10.8 Å². The van der Waals surface area contributed by atoms with Crippen molar-refractivity contribution in [3.05, 3.63) is 41.2 Å². The summed E-state index contributed by atoms with van der Waals surface area (Å²) in [5.41, 5.74) is 1.47. The highest BCUT2D eigenvalue weighted by Gasteiger charge is 2.23. The number of ether oxygens (including phenoxy) is 1. The van der Waals surface area contributed by atoms with Gasteiger partial charge in [-0.15, -0.1) is 0 Å². The third-order valence-corrected chi connectivity index (χ3v) is 6.42. The molecule has 0 atom stereocenters. The molecule has 0 bridgehead atoms. The molecule has 0 N–H and O–H groups in total. The Hall–Kier alpha value is -1.71. The van der Waals surface area contributed by atoms with Gasteiger partial charge in [-0.2, -0.15) is 8.78 Å². The molecule has 0 saturated heterocycles. The second-order valence-corrected chi connectivity index (χ2v) is 8.49. The molecule has 0 spiro atoms. The van der Waals surface area contributed by atoms with E-state index < -0.39 is 12.4 Å². The van der Waals surface area contributed by atoms with Crippen LogP contribution in [0.3, 0.4) is 0 Å². The van der Waals surface area contributed by atoms with E-state index >= 15 is 4.39 Å². The van der Waals surface area contributed by atoms with E-state index in [1.807, 2.05) is 18.2 Å². The summed E-state index contributed by atoms with van der Waals surface area (Å²) in [6.07, 6.45) is 10.4. The predicted molar refractivity (Wildman–Crippen MR) is 113 cm³/mol. The zero-order valence-corrected chi connectivity index (χ0v) is 17.7. The lowest BCUT2D eigenvalue weighted by Crippen LogP contribution is -2.13. The van der Waals surface area contributed by atoms with Crippen molar-refractivity contribution < 1.29 is 17.9 Å². The molecular formula is C25H33F3O. The van der Waals surface area contributed by atoms with E-state index in [2.05, 4.69) is 13.8 Å². The molecule has 0 radical (unpaired) electrons. The third kappa shape index (κ3) is 5.46. The molecule has 0 unspecified atom stereocenters. The summed E-state index contributed by atoms with van der Waals surface area (Å²) in [6.45, 7) is 1.35. The van der Waals surface area contributed by atoms with Crippen molar-refractivity contribution in [3.8, 4) is 5.75 Å². The van der Waals surface area contributed by atoms with Gasteiger partial charge < -0.3 is 4.74 Å². The Morgan fingerprint density at radius 2 is 1.76 bits per heavy atom. The summed E-state index contributed by atoms with van der Waals surface area (Å²) >= 11 is 0. The van der Waals surface area contributed by atoms with Crippen molar-refractivity contribution >= 4 is 10.8 Å². The van der Waals surface area contributed by atoms with Gasteiger partial charge >= 0.3 is 6.61 Å². The zero-order chi connectivity index (χ0) is 20.8. The van der Waals surface area contributed by atoms with E-state index in [1.165, 1.54) is 31.2 Å². The number of halogens is 3. The van der Waals surface area contributed by atoms with Crippen LogP contribution in [0.15, 0.2) is 24.3 Å². The number of hydrogen-bond acceptors (Lipinski definition) is 1. The van der Waals surface area contributed by atoms with Gasteiger partial charge in [-0.1, -0.05) is 57.7 Å². The molecule has 4 heteroatoms. The Bertz CT molecular complexity index is 794. The van der Waals surface area contributed by atoms with Crippen LogP contribution in [-0.4, -0.2) is 6.61 Å². The van der Waals surface area contributed by atoms with E-state index in [0.29, 0.717) is 23.1 Å². The molecule has 1 nitrogen and oxygen atoms in total. The molecule has 1 aliphatic rings. The molecule has 160 valence electrons. The second-order valence-electron chi connectivity index (χ2n) is 8.49. The first-order valence-corrected chi connectivity index (χ1v) is 11.2. The molecular weight excluding hydrogens is 373 g/mol. The van der Waals surface area contributed by atoms with Crippen LogP contribution in [0, 0.1) is 11.7 Å². The molecule has 0 amide bonds. The minimum atomic E-state index is -2.95. The van der Waals surface area contributed by atoms with E-state index in [1.54, 1.807) is 6.07 Å². The number of hydrogen-bond donors (Lipinski definition) is 0. The second kappa shape index (κ2) is 10.4. The number of fused-ring (bicyclic) bond motifs is 1. The molecule has 1 fully saturated rings. The summed E-state index contributed by atoms with van der Waals surface area (Å²) < 4.78 is 45.8. The highest BCUT2D eigenvalue weighted by Crippen LogP contribution is 2.40. The summed E-state index contributed by atoms with van der Waals surface area (Å²) in [5, 5.41) is 1.16. The Labute approximate surface area is 172 Å². The van der Waals surface area contributed by atoms with Crippen molar-refractivity contribution in [2.75, 3.05) is 0 Å². The maximum Gasteiger partial charge on any atom is 0.387 e. The summed E-state index contributed by atoms with van der Waals surface area (Å²) in [5.74, 6) is 0.877. The molecule has 0 aromatic heterocycles. The Kier molecular flexibility index (Phi) is 7.85. The van der Waals surface area contributed by atoms with Gasteiger partial charge in [0.2, 0.25) is 0 Å². The van der Waals surface area contributed by atoms with Gasteiger partial charge in [-0.3, -0.25) is 0 Å². The summed E-state index contributed by atoms with van der Waals surface area (Å²) in [6, 6.07) is 7.45. The maximum atomic E-state index is 15.2. The highest BCUT2D eigenvalue weighted by molar-refractivity contribution is 5.86. The SMILES string of the molecule is CCCCCc1c(OC(F)F)cc2cc(C3CCC(CCC)CC3)ccc2c1F. The van der Waals surface area contributed by atoms with Crippen LogP contribution in [0.2, 0.25) is 0 Å². The lowest BCUT2D eigenvalue weighted by molar-refractivity contribution is -0.0505. The minimum Gasteiger partial charge on any atom is -0.434 e. The first-order valence-electron chi connectivity index (χ1n) is 11.2. The predicted octanol–water partition coefficient (Wildman–Crippen LogP) is 8.39. The van der Waals surface area contributed by atoms with Crippen LogP contribution in [0.4, 0.5) is 13.2 Å². The van der Waals surface area contributed by atoms with Crippen molar-refractivity contribution in [1.82, 2.24) is 0 Å². The smallest absolute Gasteiger partial charge is 0.387 e. The van der Waals surface area contributed by atoms with Crippen molar-refractivity contribution in [1.29, 1.82) is 0 Å². The molecule has 0 heterocycles. The summed E-state index contributed by atoms with van der Waals surface area (Å²) in [4.78, 5) is 0. The van der Waals surface area contributed by atoms with Gasteiger partial charge in [0, 0.05) is 10.9 Å². The first-order chi connectivity index (χ1) is 14.0. The zero-order valence-electron chi connectivity index (χ0n) is 17.7. The topological polar surface area (TPSA) is 9.23 Å². The number of unbranched alkanes of at least 4 members (excludes halogenated alkanes) is 2. The third-order valence-electron chi connectivity index (χ3n) is 6.42. The molecule has 1 saturated carbocycles. The monoisotopic (exact) mass is 406 g/mol. The Morgan fingerprint density at radius 3 is 2.41 bits per heavy atom. The number of benzene rings is 2. The van der Waals surface area contributed by atoms with Crippen molar-refractivity contribution in [2.45, 2.75) is 90.6 Å². The first kappa shape index (κ1) is 22.0. The fraction of sp³-hybridized carbons (Fsp3) is 0.600. The Morgan fingerprint density at radius 1 is 1.00 bits per heavy atom. The quantitative estimate of drug-likeness (QED) is 0.380. The van der Waals surface area contributed by atoms with Gasteiger partial charge in [-0.25, -0.2) is 4.39 Å². The lowest BCUT2D eigenvalue weighted by atomic mass is 9.77. The molecule has 1 aliphatic carbocycles. The average Bonchev–Trinajstić information content (AvgIpc) is 2.70. The van der Waals surface area contributed by atoms with Gasteiger partial charge in [0.15, 0.2) is 0 Å². The molecule has 2 aromatic carbocycles. The molecule has 29 heavy (non-hydrogen) atoms. The fourth-order valence-electron chi connectivity index (χ4n) is 4.83. The van der Waals surface area contributed by atoms with Crippen molar-refractivity contribution in [2.24, 2.45) is 5.92 Å². The standard InChI is InChI=1S/C25H33F3O/c1-3-5-6-8-22-23(29-25(27)28)16-20-15-19(13-14-21(20)24(22)26)18-11-9-17(7-4-2)10-12-18/h13-18,25H,3-12H2,1-2H3. The Balaban J connectivity index is 1.88. The van der Waals surface area contributed by atoms with E-state index in [0.717, 1.165) is 38.0 Å². The highest BCUT2D eigenvalue weighted by atomic mass is 19.3. The van der Waals surface area contributed by atoms with Gasteiger partial charge in [0.05, 0.1) is 0 Å². The van der Waals surface area contributed by atoms with Crippen LogP contribution in [-0.2, 0) is 6.42 Å². The van der Waals surface area contributed by atoms with Gasteiger partial charge in [0.25, 0.3) is 0 Å². The largest absolute Gasteiger partial charge is 0.434 e. The van der Waals surface area contributed by atoms with Crippen LogP contribution >= 0.6 is 0 Å². The average molecular weight is 407 g/mol. The fourth-order valence-corrected chi connectivity index (χ4v) is 4.83. The molecule has 0 aliphatic heterocycles. The van der Waals surface area contributed by atoms with Crippen LogP contribution in [0.1, 0.15) is 88.7 Å². The minimum absolute atomic E-state index is 0.00935. The molecule has 3 rings (SSSR count). The van der Waals surface area contributed by atoms with Crippen molar-refractivity contribution in [3.63, 3.8) is 0 Å². The van der Waals surface area contributed by atoms with Gasteiger partial charge in [-0.05, 0) is 67.4 Å². The normalized spacial score (nSPS) is 19.8. The maximum absolute atomic E-state index is 15.2. The van der Waals surface area contributed by atoms with Gasteiger partial charge in [0.1, 0.15) is 11.6 Å². The van der Waals surface area contributed by atoms with E-state index in [-0.39, 0.29) is 11.3 Å². The van der Waals surface area contributed by atoms with E-state index in [4.69, 9.17) is 4.74 Å². The van der Waals surface area contributed by atoms with E-state index in [9.17, 15) is 8.78 Å². The van der Waals surface area contributed by atoms with Crippen LogP contribution in [0.5, 0.6) is 5.75 Å². The number of alkyl halides is 2. The molecule has 2 aromatic rings. The summed E-state index contributed by atoms with van der Waals surface area (Å²) in [7, 11) is 0. The van der Waals surface area contributed by atoms with Crippen LogP contribution < -0.4 is 4.74 Å².